The van der Waals surface area contributed by atoms with Crippen LogP contribution in [-0.2, 0) is 16.1 Å². The highest BCUT2D eigenvalue weighted by Crippen LogP contribution is 2.15. The average Bonchev–Trinajstić information content (AvgIpc) is 2.61. The number of halogens is 3. The molecule has 3 rings (SSSR count). The second-order valence-electron chi connectivity index (χ2n) is 5.06. The number of carbonyl (C=O) groups is 2. The summed E-state index contributed by atoms with van der Waals surface area (Å²) in [5.74, 6) is -3.37. The maximum Gasteiger partial charge on any atom is 0.430 e. The molecular weight excluding hydrogens is 369 g/mol. The molecule has 2 heterocycles. The minimum absolute atomic E-state index is 0.0723. The summed E-state index contributed by atoms with van der Waals surface area (Å²) in [6, 6.07) is 11.1. The van der Waals surface area contributed by atoms with Crippen LogP contribution in [0.4, 0.5) is 13.2 Å². The lowest BCUT2D eigenvalue weighted by molar-refractivity contribution is -0.685. The lowest BCUT2D eigenvalue weighted by Crippen LogP contribution is -2.37. The fourth-order valence-corrected chi connectivity index (χ4v) is 1.87. The van der Waals surface area contributed by atoms with Crippen LogP contribution in [0.15, 0.2) is 48.8 Å². The van der Waals surface area contributed by atoms with Crippen LogP contribution in [0.2, 0.25) is 0 Å². The molecule has 140 valence electrons. The Morgan fingerprint density at radius 1 is 1.04 bits per heavy atom. The fourth-order valence-electron chi connectivity index (χ4n) is 1.87. The van der Waals surface area contributed by atoms with Crippen LogP contribution < -0.4 is 9.67 Å². The Bertz CT molecular complexity index is 962. The Balaban J connectivity index is 0.000000321. The molecule has 0 saturated heterocycles. The Labute approximate surface area is 149 Å². The molecule has 1 aromatic carbocycles. The number of nitrogens with zero attached hydrogens (tertiary/aromatic N) is 4. The molecule has 8 nitrogen and oxygen atoms in total. The summed E-state index contributed by atoms with van der Waals surface area (Å²) >= 11 is 0. The van der Waals surface area contributed by atoms with Crippen LogP contribution in [0.3, 0.4) is 0 Å². The zero-order valence-corrected chi connectivity index (χ0v) is 13.4. The molecule has 27 heavy (non-hydrogen) atoms. The Morgan fingerprint density at radius 3 is 2.11 bits per heavy atom. The third kappa shape index (κ3) is 5.70. The highest BCUT2D eigenvalue weighted by molar-refractivity contribution is 5.75. The zero-order valence-electron chi connectivity index (χ0n) is 13.4. The second-order valence-corrected chi connectivity index (χ2v) is 5.06. The van der Waals surface area contributed by atoms with E-state index in [0.717, 1.165) is 16.6 Å². The number of para-hydroxylation sites is 1. The molecule has 11 heteroatoms. The number of hydrogen-bond acceptors (Lipinski definition) is 6. The minimum atomic E-state index is -5.19. The van der Waals surface area contributed by atoms with Crippen LogP contribution in [0.5, 0.6) is 0 Å². The smallest absolute Gasteiger partial charge is 0.430 e. The van der Waals surface area contributed by atoms with Gasteiger partial charge in [0, 0.05) is 17.7 Å². The van der Waals surface area contributed by atoms with E-state index in [-0.39, 0.29) is 6.54 Å². The first-order valence-corrected chi connectivity index (χ1v) is 7.25. The van der Waals surface area contributed by atoms with Gasteiger partial charge in [0.05, 0.1) is 5.52 Å². The van der Waals surface area contributed by atoms with E-state index in [0.29, 0.717) is 5.82 Å². The quantitative estimate of drug-likeness (QED) is 0.652. The fraction of sp³-hybridized carbons (Fsp3) is 0.125. The lowest BCUT2D eigenvalue weighted by atomic mass is 10.2. The third-order valence-electron chi connectivity index (χ3n) is 3.06. The van der Waals surface area contributed by atoms with Gasteiger partial charge in [-0.3, -0.25) is 0 Å². The molecule has 0 fully saturated rings. The SMILES string of the molecule is O=C(O)C[n+]1ccc(-c2nnc3ccccc3n2)cc1.O=C([O-])C(F)(F)F. The van der Waals surface area contributed by atoms with Gasteiger partial charge in [-0.1, -0.05) is 12.1 Å². The summed E-state index contributed by atoms with van der Waals surface area (Å²) in [5, 5.41) is 25.7. The van der Waals surface area contributed by atoms with Crippen molar-refractivity contribution >= 4 is 23.0 Å². The van der Waals surface area contributed by atoms with Crippen molar-refractivity contribution in [3.63, 3.8) is 0 Å². The van der Waals surface area contributed by atoms with Crippen LogP contribution >= 0.6 is 0 Å². The summed E-state index contributed by atoms with van der Waals surface area (Å²) in [7, 11) is 0. The van der Waals surface area contributed by atoms with E-state index in [2.05, 4.69) is 15.2 Å². The monoisotopic (exact) mass is 380 g/mol. The molecule has 0 spiro atoms. The Morgan fingerprint density at radius 2 is 1.59 bits per heavy atom. The highest BCUT2D eigenvalue weighted by atomic mass is 19.4. The van der Waals surface area contributed by atoms with Gasteiger partial charge in [-0.25, -0.2) is 9.78 Å². The van der Waals surface area contributed by atoms with Crippen LogP contribution in [-0.4, -0.2) is 38.4 Å². The number of carboxylic acid groups (broad SMARTS) is 2. The predicted molar refractivity (Wildman–Crippen MR) is 81.7 cm³/mol. The van der Waals surface area contributed by atoms with Gasteiger partial charge in [-0.05, 0) is 12.1 Å². The summed E-state index contributed by atoms with van der Waals surface area (Å²) in [5.41, 5.74) is 2.32. The first-order chi connectivity index (χ1) is 12.7. The molecule has 0 amide bonds. The van der Waals surface area contributed by atoms with Crippen molar-refractivity contribution in [2.75, 3.05) is 0 Å². The summed E-state index contributed by atoms with van der Waals surface area (Å²) in [4.78, 5) is 23.8. The van der Waals surface area contributed by atoms with Gasteiger partial charge in [0.1, 0.15) is 11.5 Å². The molecule has 2 aromatic heterocycles. The zero-order chi connectivity index (χ0) is 20.0. The number of benzene rings is 1. The van der Waals surface area contributed by atoms with Crippen molar-refractivity contribution in [3.8, 4) is 11.4 Å². The van der Waals surface area contributed by atoms with E-state index in [1.165, 1.54) is 0 Å². The number of rotatable bonds is 3. The average molecular weight is 380 g/mol. The molecule has 0 radical (unpaired) electrons. The van der Waals surface area contributed by atoms with E-state index >= 15 is 0 Å². The van der Waals surface area contributed by atoms with Gasteiger partial charge < -0.3 is 15.0 Å². The number of carbonyl (C=O) groups excluding carboxylic acids is 1. The van der Waals surface area contributed by atoms with E-state index in [9.17, 15) is 18.0 Å². The van der Waals surface area contributed by atoms with Crippen molar-refractivity contribution in [2.24, 2.45) is 0 Å². The summed E-state index contributed by atoms with van der Waals surface area (Å²) in [6.07, 6.45) is -1.83. The number of aromatic nitrogens is 4. The molecule has 0 unspecified atom stereocenters. The van der Waals surface area contributed by atoms with Gasteiger partial charge in [-0.2, -0.15) is 17.7 Å². The standard InChI is InChI=1S/C14H10N4O2.C2HF3O2/c19-13(20)9-18-7-5-10(6-8-18)14-15-11-3-1-2-4-12(11)16-17-14;3-2(4,5)1(6)7/h1-8H,9H2;(H,6,7). The summed E-state index contributed by atoms with van der Waals surface area (Å²) in [6.45, 7) is -0.0723. The van der Waals surface area contributed by atoms with Gasteiger partial charge in [0.2, 0.25) is 6.54 Å². The van der Waals surface area contributed by atoms with Gasteiger partial charge in [0.25, 0.3) is 0 Å². The molecule has 0 aliphatic heterocycles. The number of carboxylic acids is 2. The van der Waals surface area contributed by atoms with Crippen LogP contribution in [0, 0.1) is 0 Å². The topological polar surface area (TPSA) is 120 Å². The molecule has 0 atom stereocenters. The normalized spacial score (nSPS) is 10.8. The maximum atomic E-state index is 10.6. The Hall–Kier alpha value is -3.63. The van der Waals surface area contributed by atoms with Gasteiger partial charge in [-0.15, -0.1) is 10.2 Å². The number of alkyl halides is 3. The predicted octanol–water partition coefficient (Wildman–Crippen LogP) is 0.362. The van der Waals surface area contributed by atoms with Crippen molar-refractivity contribution in [2.45, 2.75) is 12.7 Å². The molecular formula is C16H11F3N4O4. The number of fused-ring (bicyclic) bond motifs is 1. The number of pyridine rings is 1. The largest absolute Gasteiger partial charge is 0.542 e. The molecule has 0 bridgehead atoms. The van der Waals surface area contributed by atoms with E-state index < -0.39 is 18.1 Å². The van der Waals surface area contributed by atoms with Crippen molar-refractivity contribution in [1.29, 1.82) is 0 Å². The third-order valence-corrected chi connectivity index (χ3v) is 3.06. The molecule has 0 aliphatic rings. The second kappa shape index (κ2) is 8.17. The first kappa shape index (κ1) is 19.7. The first-order valence-electron chi connectivity index (χ1n) is 7.25. The van der Waals surface area contributed by atoms with E-state index in [4.69, 9.17) is 15.0 Å². The Kier molecular flexibility index (Phi) is 5.96. The maximum absolute atomic E-state index is 10.6. The highest BCUT2D eigenvalue weighted by Gasteiger charge is 2.28. The van der Waals surface area contributed by atoms with E-state index in [1.807, 2.05) is 24.3 Å². The number of aliphatic carboxylic acids is 2. The van der Waals surface area contributed by atoms with Crippen molar-refractivity contribution in [3.05, 3.63) is 48.8 Å². The van der Waals surface area contributed by atoms with Crippen molar-refractivity contribution < 1.29 is 37.5 Å². The van der Waals surface area contributed by atoms with Crippen molar-refractivity contribution in [1.82, 2.24) is 15.2 Å². The van der Waals surface area contributed by atoms with Gasteiger partial charge in [0.15, 0.2) is 18.2 Å². The van der Waals surface area contributed by atoms with Crippen LogP contribution in [0.1, 0.15) is 0 Å². The number of hydrogen-bond donors (Lipinski definition) is 1. The van der Waals surface area contributed by atoms with E-state index in [1.54, 1.807) is 29.1 Å². The summed E-state index contributed by atoms with van der Waals surface area (Å²) < 4.78 is 33.1. The molecule has 1 N–H and O–H groups in total. The molecule has 0 saturated carbocycles. The van der Waals surface area contributed by atoms with Crippen LogP contribution in [0.25, 0.3) is 22.4 Å². The van der Waals surface area contributed by atoms with Gasteiger partial charge >= 0.3 is 12.1 Å². The molecule has 3 aromatic rings. The molecule has 0 aliphatic carbocycles. The lowest BCUT2D eigenvalue weighted by Gasteiger charge is -2.03. The minimum Gasteiger partial charge on any atom is -0.542 e.